The first-order valence-corrected chi connectivity index (χ1v) is 9.60. The average Bonchev–Trinajstić information content (AvgIpc) is 2.60. The molecule has 0 spiro atoms. The van der Waals surface area contributed by atoms with Gasteiger partial charge in [0.25, 0.3) is 0 Å². The summed E-state index contributed by atoms with van der Waals surface area (Å²) in [6, 6.07) is 1.57. The van der Waals surface area contributed by atoms with E-state index >= 15 is 0 Å². The molecule has 2 fully saturated rings. The standard InChI is InChI=1S/C20H32FNO/c1-2-3-4-16-5-7-18(8-6-16)15-23-20-11-9-17(10-12-20)13-19(21)14-22/h13,16-18,20H,2-12,15H2,1H3/t16-,17?,18-,20?. The van der Waals surface area contributed by atoms with Crippen molar-refractivity contribution in [1.82, 2.24) is 0 Å². The van der Waals surface area contributed by atoms with Crippen LogP contribution in [0.3, 0.4) is 0 Å². The molecule has 23 heavy (non-hydrogen) atoms. The van der Waals surface area contributed by atoms with Crippen molar-refractivity contribution in [1.29, 1.82) is 5.26 Å². The van der Waals surface area contributed by atoms with Crippen molar-refractivity contribution in [2.75, 3.05) is 6.61 Å². The molecule has 0 aromatic rings. The Bertz CT molecular complexity index is 398. The molecule has 0 N–H and O–H groups in total. The van der Waals surface area contributed by atoms with Gasteiger partial charge in [0.05, 0.1) is 6.10 Å². The molecule has 0 aromatic carbocycles. The molecule has 0 unspecified atom stereocenters. The summed E-state index contributed by atoms with van der Waals surface area (Å²) < 4.78 is 19.1. The predicted octanol–water partition coefficient (Wildman–Crippen LogP) is 5.94. The van der Waals surface area contributed by atoms with Crippen LogP contribution >= 0.6 is 0 Å². The predicted molar refractivity (Wildman–Crippen MR) is 91.5 cm³/mol. The van der Waals surface area contributed by atoms with E-state index in [0.29, 0.717) is 6.10 Å². The molecule has 2 saturated carbocycles. The number of hydrogen-bond acceptors (Lipinski definition) is 2. The number of ether oxygens (including phenoxy) is 1. The van der Waals surface area contributed by atoms with Crippen molar-refractivity contribution in [3.63, 3.8) is 0 Å². The van der Waals surface area contributed by atoms with Gasteiger partial charge in [-0.2, -0.15) is 9.65 Å². The van der Waals surface area contributed by atoms with Crippen LogP contribution in [0.15, 0.2) is 11.9 Å². The number of nitriles is 1. The molecule has 0 radical (unpaired) electrons. The first-order chi connectivity index (χ1) is 11.2. The van der Waals surface area contributed by atoms with Crippen LogP contribution in [0.5, 0.6) is 0 Å². The highest BCUT2D eigenvalue weighted by atomic mass is 19.1. The first kappa shape index (κ1) is 18.5. The van der Waals surface area contributed by atoms with E-state index in [1.165, 1.54) is 51.0 Å². The van der Waals surface area contributed by atoms with Gasteiger partial charge in [-0.25, -0.2) is 0 Å². The van der Waals surface area contributed by atoms with Crippen molar-refractivity contribution in [3.05, 3.63) is 11.9 Å². The van der Waals surface area contributed by atoms with Crippen molar-refractivity contribution in [2.45, 2.75) is 83.7 Å². The summed E-state index contributed by atoms with van der Waals surface area (Å²) in [5.41, 5.74) is 0. The summed E-state index contributed by atoms with van der Waals surface area (Å²) >= 11 is 0. The van der Waals surface area contributed by atoms with Crippen LogP contribution in [-0.4, -0.2) is 12.7 Å². The van der Waals surface area contributed by atoms with Crippen molar-refractivity contribution < 1.29 is 9.13 Å². The zero-order valence-corrected chi connectivity index (χ0v) is 14.6. The molecule has 0 heterocycles. The highest BCUT2D eigenvalue weighted by Gasteiger charge is 2.24. The number of halogens is 1. The second-order valence-electron chi connectivity index (χ2n) is 7.53. The SMILES string of the molecule is CCCC[C@H]1CC[C@H](COC2CCC(C=C(F)C#N)CC2)CC1. The van der Waals surface area contributed by atoms with Gasteiger partial charge in [0.15, 0.2) is 5.83 Å². The molecule has 0 amide bonds. The van der Waals surface area contributed by atoms with Crippen LogP contribution in [0.25, 0.3) is 0 Å². The summed E-state index contributed by atoms with van der Waals surface area (Å²) in [4.78, 5) is 0. The molecule has 130 valence electrons. The third-order valence-electron chi connectivity index (χ3n) is 5.71. The smallest absolute Gasteiger partial charge is 0.196 e. The molecule has 3 heteroatoms. The van der Waals surface area contributed by atoms with E-state index in [2.05, 4.69) is 6.92 Å². The minimum Gasteiger partial charge on any atom is -0.378 e. The lowest BCUT2D eigenvalue weighted by molar-refractivity contribution is -0.00671. The fourth-order valence-corrected chi connectivity index (χ4v) is 4.12. The lowest BCUT2D eigenvalue weighted by atomic mass is 9.80. The summed E-state index contributed by atoms with van der Waals surface area (Å²) in [6.45, 7) is 3.19. The van der Waals surface area contributed by atoms with Crippen LogP contribution in [0.4, 0.5) is 4.39 Å². The topological polar surface area (TPSA) is 33.0 Å². The van der Waals surface area contributed by atoms with Gasteiger partial charge >= 0.3 is 0 Å². The van der Waals surface area contributed by atoms with Crippen molar-refractivity contribution in [2.24, 2.45) is 17.8 Å². The maximum Gasteiger partial charge on any atom is 0.196 e. The van der Waals surface area contributed by atoms with Gasteiger partial charge in [0.1, 0.15) is 6.07 Å². The zero-order valence-electron chi connectivity index (χ0n) is 14.6. The molecular weight excluding hydrogens is 289 g/mol. The van der Waals surface area contributed by atoms with Crippen molar-refractivity contribution in [3.8, 4) is 6.07 Å². The highest BCUT2D eigenvalue weighted by molar-refractivity contribution is 5.13. The molecule has 0 bridgehead atoms. The van der Waals surface area contributed by atoms with E-state index in [1.807, 2.05) is 0 Å². The van der Waals surface area contributed by atoms with E-state index in [0.717, 1.165) is 44.1 Å². The molecule has 0 saturated heterocycles. The number of nitrogens with zero attached hydrogens (tertiary/aromatic N) is 1. The van der Waals surface area contributed by atoms with Crippen LogP contribution < -0.4 is 0 Å². The van der Waals surface area contributed by atoms with Crippen LogP contribution in [0.2, 0.25) is 0 Å². The summed E-state index contributed by atoms with van der Waals surface area (Å²) in [5.74, 6) is 1.31. The molecule has 2 rings (SSSR count). The van der Waals surface area contributed by atoms with Crippen LogP contribution in [0.1, 0.15) is 77.6 Å². The van der Waals surface area contributed by atoms with E-state index in [1.54, 1.807) is 6.07 Å². The molecule has 2 aliphatic carbocycles. The number of allylic oxidation sites excluding steroid dienone is 2. The summed E-state index contributed by atoms with van der Waals surface area (Å²) in [6.07, 6.45) is 15.3. The van der Waals surface area contributed by atoms with Gasteiger partial charge in [-0.05, 0) is 62.4 Å². The Hall–Kier alpha value is -0.880. The lowest BCUT2D eigenvalue weighted by Gasteiger charge is -2.31. The Kier molecular flexibility index (Phi) is 8.09. The summed E-state index contributed by atoms with van der Waals surface area (Å²) in [7, 11) is 0. The maximum atomic E-state index is 13.0. The second kappa shape index (κ2) is 10.1. The van der Waals surface area contributed by atoms with E-state index in [-0.39, 0.29) is 5.92 Å². The van der Waals surface area contributed by atoms with Crippen LogP contribution in [-0.2, 0) is 4.74 Å². The fourth-order valence-electron chi connectivity index (χ4n) is 4.12. The molecule has 2 aliphatic rings. The molecule has 0 atom stereocenters. The van der Waals surface area contributed by atoms with Gasteiger partial charge in [-0.1, -0.05) is 39.0 Å². The minimum absolute atomic E-state index is 0.225. The Morgan fingerprint density at radius 2 is 1.74 bits per heavy atom. The number of rotatable bonds is 7. The van der Waals surface area contributed by atoms with Crippen LogP contribution in [0, 0.1) is 29.1 Å². The van der Waals surface area contributed by atoms with Gasteiger partial charge in [0, 0.05) is 6.61 Å². The number of unbranched alkanes of at least 4 members (excludes halogenated alkanes) is 1. The quantitative estimate of drug-likeness (QED) is 0.544. The molecule has 0 aliphatic heterocycles. The van der Waals surface area contributed by atoms with E-state index < -0.39 is 5.83 Å². The molecule has 2 nitrogen and oxygen atoms in total. The Morgan fingerprint density at radius 1 is 1.09 bits per heavy atom. The average molecular weight is 321 g/mol. The molecule has 0 aromatic heterocycles. The minimum atomic E-state index is -0.630. The third kappa shape index (κ3) is 6.63. The Morgan fingerprint density at radius 3 is 2.35 bits per heavy atom. The fraction of sp³-hybridized carbons (Fsp3) is 0.850. The van der Waals surface area contributed by atoms with Gasteiger partial charge < -0.3 is 4.74 Å². The van der Waals surface area contributed by atoms with Gasteiger partial charge in [-0.15, -0.1) is 0 Å². The Labute approximate surface area is 141 Å². The zero-order chi connectivity index (χ0) is 16.5. The summed E-state index contributed by atoms with van der Waals surface area (Å²) in [5, 5.41) is 8.49. The van der Waals surface area contributed by atoms with Gasteiger partial charge in [-0.3, -0.25) is 0 Å². The van der Waals surface area contributed by atoms with E-state index in [4.69, 9.17) is 10.00 Å². The number of hydrogen-bond donors (Lipinski definition) is 0. The highest BCUT2D eigenvalue weighted by Crippen LogP contribution is 2.33. The van der Waals surface area contributed by atoms with Gasteiger partial charge in [0.2, 0.25) is 0 Å². The Balaban J connectivity index is 1.59. The molecular formula is C20H32FNO. The monoisotopic (exact) mass is 321 g/mol. The van der Waals surface area contributed by atoms with Crippen molar-refractivity contribution >= 4 is 0 Å². The lowest BCUT2D eigenvalue weighted by Crippen LogP contribution is -2.25. The van der Waals surface area contributed by atoms with E-state index in [9.17, 15) is 4.39 Å². The maximum absolute atomic E-state index is 13.0. The third-order valence-corrected chi connectivity index (χ3v) is 5.71. The normalized spacial score (nSPS) is 32.5. The largest absolute Gasteiger partial charge is 0.378 e. The first-order valence-electron chi connectivity index (χ1n) is 9.60. The second-order valence-corrected chi connectivity index (χ2v) is 7.53.